The van der Waals surface area contributed by atoms with Gasteiger partial charge in [-0.05, 0) is 52.4 Å². The maximum Gasteiger partial charge on any atom is 0.387 e. The van der Waals surface area contributed by atoms with Crippen LogP contribution in [-0.4, -0.2) is 27.2 Å². The average molecular weight is 461 g/mol. The van der Waals surface area contributed by atoms with Crippen molar-refractivity contribution in [1.29, 1.82) is 5.26 Å². The van der Waals surface area contributed by atoms with Crippen LogP contribution in [0.2, 0.25) is 0 Å². The van der Waals surface area contributed by atoms with Crippen molar-refractivity contribution in [2.75, 3.05) is 5.32 Å². The molecule has 8 nitrogen and oxygen atoms in total. The van der Waals surface area contributed by atoms with Gasteiger partial charge >= 0.3 is 6.61 Å². The molecule has 29 heavy (non-hydrogen) atoms. The summed E-state index contributed by atoms with van der Waals surface area (Å²) in [7, 11) is 0. The summed E-state index contributed by atoms with van der Waals surface area (Å²) in [5.41, 5.74) is 2.14. The molecule has 0 atom stereocenters. The maximum atomic E-state index is 12.4. The third kappa shape index (κ3) is 4.02. The lowest BCUT2D eigenvalue weighted by atomic mass is 10.1. The molecule has 146 valence electrons. The zero-order valence-corrected chi connectivity index (χ0v) is 16.1. The van der Waals surface area contributed by atoms with Crippen LogP contribution in [0, 0.1) is 11.3 Å². The molecule has 4 rings (SSSR count). The van der Waals surface area contributed by atoms with Gasteiger partial charge in [0.2, 0.25) is 5.82 Å². The molecule has 0 unspecified atom stereocenters. The van der Waals surface area contributed by atoms with Gasteiger partial charge < -0.3 is 14.5 Å². The van der Waals surface area contributed by atoms with Crippen molar-refractivity contribution >= 4 is 32.6 Å². The minimum absolute atomic E-state index is 0.0150. The summed E-state index contributed by atoms with van der Waals surface area (Å²) in [5, 5.41) is 26.7. The Morgan fingerprint density at radius 2 is 2.14 bits per heavy atom. The van der Waals surface area contributed by atoms with Gasteiger partial charge in [0.25, 0.3) is 0 Å². The van der Waals surface area contributed by atoms with Crippen LogP contribution in [0.5, 0.6) is 5.75 Å². The number of nitrogens with one attached hydrogen (secondary N) is 2. The molecular weight excluding hydrogens is 450 g/mol. The van der Waals surface area contributed by atoms with E-state index in [4.69, 9.17) is 9.68 Å². The van der Waals surface area contributed by atoms with Gasteiger partial charge in [0.1, 0.15) is 17.4 Å². The van der Waals surface area contributed by atoms with Gasteiger partial charge in [0, 0.05) is 22.1 Å². The van der Waals surface area contributed by atoms with E-state index in [9.17, 15) is 8.78 Å². The third-order valence-corrected chi connectivity index (χ3v) is 4.80. The molecule has 2 N–H and O–H groups in total. The summed E-state index contributed by atoms with van der Waals surface area (Å²) in [6.07, 6.45) is 0. The lowest BCUT2D eigenvalue weighted by Crippen LogP contribution is -2.05. The van der Waals surface area contributed by atoms with Gasteiger partial charge in [-0.1, -0.05) is 15.9 Å². The second-order valence-electron chi connectivity index (χ2n) is 5.90. The minimum atomic E-state index is -2.99. The van der Waals surface area contributed by atoms with Crippen LogP contribution in [-0.2, 0) is 6.54 Å². The van der Waals surface area contributed by atoms with Crippen molar-refractivity contribution in [2.45, 2.75) is 13.2 Å². The number of nitriles is 1. The predicted molar refractivity (Wildman–Crippen MR) is 102 cm³/mol. The number of aromatic nitrogens is 4. The Kier molecular flexibility index (Phi) is 5.09. The first-order valence-corrected chi connectivity index (χ1v) is 9.01. The van der Waals surface area contributed by atoms with E-state index in [0.717, 1.165) is 15.4 Å². The number of furan rings is 1. The number of hydrogen-bond donors (Lipinski definition) is 2. The van der Waals surface area contributed by atoms with E-state index in [-0.39, 0.29) is 11.3 Å². The van der Waals surface area contributed by atoms with Gasteiger partial charge in [-0.2, -0.15) is 14.0 Å². The van der Waals surface area contributed by atoms with E-state index in [1.54, 1.807) is 6.07 Å². The molecular formula is C18H11BrF2N6O2. The van der Waals surface area contributed by atoms with Crippen molar-refractivity contribution in [2.24, 2.45) is 0 Å². The second kappa shape index (κ2) is 7.84. The molecule has 0 aliphatic rings. The van der Waals surface area contributed by atoms with Crippen LogP contribution in [0.4, 0.5) is 14.5 Å². The molecule has 0 amide bonds. The number of rotatable bonds is 6. The molecule has 0 aliphatic carbocycles. The first kappa shape index (κ1) is 18.8. The summed E-state index contributed by atoms with van der Waals surface area (Å²) in [4.78, 5) is 0. The number of halogens is 3. The molecule has 0 aliphatic heterocycles. The Morgan fingerprint density at radius 3 is 2.86 bits per heavy atom. The van der Waals surface area contributed by atoms with Crippen LogP contribution < -0.4 is 10.1 Å². The number of benzene rings is 2. The SMILES string of the molecule is N#Cc1cc(NCc2cc3oc(-c4nnn[nH]4)cc3cc2Br)ccc1OC(F)F. The average Bonchev–Trinajstić information content (AvgIpc) is 3.36. The highest BCUT2D eigenvalue weighted by Gasteiger charge is 2.13. The molecule has 0 radical (unpaired) electrons. The Morgan fingerprint density at radius 1 is 1.28 bits per heavy atom. The van der Waals surface area contributed by atoms with Crippen LogP contribution in [0.3, 0.4) is 0 Å². The Hall–Kier alpha value is -3.52. The van der Waals surface area contributed by atoms with Crippen molar-refractivity contribution in [1.82, 2.24) is 20.6 Å². The van der Waals surface area contributed by atoms with Gasteiger partial charge in [0.15, 0.2) is 5.76 Å². The standard InChI is InChI=1S/C18H11BrF2N6O2/c19-13-4-9-5-16(17-24-26-27-25-17)28-15(9)6-11(13)8-23-12-1-2-14(29-18(20)21)10(3-12)7-22/h1-6,18,23H,8H2,(H,24,25,26,27). The Balaban J connectivity index is 1.55. The minimum Gasteiger partial charge on any atom is -0.453 e. The van der Waals surface area contributed by atoms with E-state index >= 15 is 0 Å². The number of ether oxygens (including phenoxy) is 1. The molecule has 0 saturated carbocycles. The highest BCUT2D eigenvalue weighted by molar-refractivity contribution is 9.10. The molecule has 0 fully saturated rings. The summed E-state index contributed by atoms with van der Waals surface area (Å²) in [5.74, 6) is 0.767. The number of tetrazole rings is 1. The monoisotopic (exact) mass is 460 g/mol. The van der Waals surface area contributed by atoms with Gasteiger partial charge in [-0.15, -0.1) is 5.10 Å². The quantitative estimate of drug-likeness (QED) is 0.436. The number of aromatic amines is 1. The third-order valence-electron chi connectivity index (χ3n) is 4.06. The van der Waals surface area contributed by atoms with Crippen LogP contribution in [0.25, 0.3) is 22.6 Å². The summed E-state index contributed by atoms with van der Waals surface area (Å²) in [6.45, 7) is -2.59. The number of alkyl halides is 2. The molecule has 0 spiro atoms. The molecule has 4 aromatic rings. The van der Waals surface area contributed by atoms with Gasteiger partial charge in [-0.3, -0.25) is 0 Å². The van der Waals surface area contributed by atoms with Crippen molar-refractivity contribution in [3.8, 4) is 23.4 Å². The fourth-order valence-electron chi connectivity index (χ4n) is 2.74. The molecule has 2 aromatic heterocycles. The highest BCUT2D eigenvalue weighted by atomic mass is 79.9. The van der Waals surface area contributed by atoms with E-state index in [0.29, 0.717) is 29.4 Å². The molecule has 0 saturated heterocycles. The highest BCUT2D eigenvalue weighted by Crippen LogP contribution is 2.31. The number of anilines is 1. The smallest absolute Gasteiger partial charge is 0.387 e. The first-order valence-electron chi connectivity index (χ1n) is 8.22. The van der Waals surface area contributed by atoms with Crippen LogP contribution in [0.1, 0.15) is 11.1 Å². The van der Waals surface area contributed by atoms with E-state index in [1.165, 1.54) is 12.1 Å². The molecule has 11 heteroatoms. The maximum absolute atomic E-state index is 12.4. The molecule has 0 bridgehead atoms. The van der Waals surface area contributed by atoms with Crippen LogP contribution in [0.15, 0.2) is 45.3 Å². The fraction of sp³-hybridized carbons (Fsp3) is 0.111. The Bertz CT molecular complexity index is 1200. The number of nitrogens with zero attached hydrogens (tertiary/aromatic N) is 4. The van der Waals surface area contributed by atoms with Gasteiger partial charge in [0.05, 0.1) is 5.56 Å². The summed E-state index contributed by atoms with van der Waals surface area (Å²) < 4.78 is 35.8. The van der Waals surface area contributed by atoms with E-state index in [2.05, 4.69) is 46.6 Å². The molecule has 2 heterocycles. The zero-order chi connectivity index (χ0) is 20.4. The zero-order valence-electron chi connectivity index (χ0n) is 14.5. The summed E-state index contributed by atoms with van der Waals surface area (Å²) >= 11 is 3.53. The van der Waals surface area contributed by atoms with Crippen LogP contribution >= 0.6 is 15.9 Å². The Labute approximate surface area is 170 Å². The first-order chi connectivity index (χ1) is 14.0. The number of hydrogen-bond acceptors (Lipinski definition) is 7. The predicted octanol–water partition coefficient (Wildman–Crippen LogP) is 4.46. The number of fused-ring (bicyclic) bond motifs is 1. The van der Waals surface area contributed by atoms with E-state index < -0.39 is 6.61 Å². The molecule has 2 aromatic carbocycles. The summed E-state index contributed by atoms with van der Waals surface area (Å²) in [6, 6.07) is 11.8. The van der Waals surface area contributed by atoms with E-state index in [1.807, 2.05) is 24.3 Å². The van der Waals surface area contributed by atoms with Crippen molar-refractivity contribution < 1.29 is 17.9 Å². The number of H-pyrrole nitrogens is 1. The van der Waals surface area contributed by atoms with Crippen molar-refractivity contribution in [3.63, 3.8) is 0 Å². The lowest BCUT2D eigenvalue weighted by molar-refractivity contribution is -0.0500. The van der Waals surface area contributed by atoms with Gasteiger partial charge in [-0.25, -0.2) is 5.10 Å². The lowest BCUT2D eigenvalue weighted by Gasteiger charge is -2.11. The largest absolute Gasteiger partial charge is 0.453 e. The fourth-order valence-corrected chi connectivity index (χ4v) is 3.24. The van der Waals surface area contributed by atoms with Crippen molar-refractivity contribution in [3.05, 3.63) is 52.0 Å². The second-order valence-corrected chi connectivity index (χ2v) is 6.75. The normalized spacial score (nSPS) is 11.0. The topological polar surface area (TPSA) is 113 Å².